The van der Waals surface area contributed by atoms with Crippen molar-refractivity contribution in [1.29, 1.82) is 0 Å². The van der Waals surface area contributed by atoms with Crippen molar-refractivity contribution in [3.8, 4) is 0 Å². The summed E-state index contributed by atoms with van der Waals surface area (Å²) >= 11 is 4.03. The molecule has 1 aromatic rings. The van der Waals surface area contributed by atoms with Crippen molar-refractivity contribution in [2.75, 3.05) is 12.3 Å². The number of carbonyl (C=O) groups excluding carboxylic acids is 2. The Morgan fingerprint density at radius 2 is 2.28 bits per heavy atom. The minimum atomic E-state index is -0.588. The lowest BCUT2D eigenvalue weighted by atomic mass is 10.2. The first-order chi connectivity index (χ1) is 8.52. The van der Waals surface area contributed by atoms with E-state index in [0.29, 0.717) is 13.0 Å². The monoisotopic (exact) mass is 270 g/mol. The molecular weight excluding hydrogens is 252 g/mol. The highest BCUT2D eigenvalue weighted by atomic mass is 32.1. The predicted molar refractivity (Wildman–Crippen MR) is 71.4 cm³/mol. The summed E-state index contributed by atoms with van der Waals surface area (Å²) in [4.78, 5) is 22.6. The molecule has 0 saturated carbocycles. The van der Waals surface area contributed by atoms with Gasteiger partial charge in [0.2, 0.25) is 11.8 Å². The summed E-state index contributed by atoms with van der Waals surface area (Å²) in [5.74, 6) is -0.195. The number of aryl methyl sites for hydroxylation is 1. The Bertz CT molecular complexity index is 419. The van der Waals surface area contributed by atoms with Gasteiger partial charge in [0, 0.05) is 38.9 Å². The topological polar surface area (TPSA) is 76.0 Å². The van der Waals surface area contributed by atoms with E-state index in [4.69, 9.17) is 0 Å². The van der Waals surface area contributed by atoms with Crippen LogP contribution < -0.4 is 10.6 Å². The number of aromatic nitrogens is 2. The molecule has 0 spiro atoms. The van der Waals surface area contributed by atoms with Gasteiger partial charge in [-0.05, 0) is 6.07 Å². The Labute approximate surface area is 112 Å². The van der Waals surface area contributed by atoms with Crippen molar-refractivity contribution >= 4 is 24.4 Å². The maximum absolute atomic E-state index is 11.7. The van der Waals surface area contributed by atoms with Gasteiger partial charge in [-0.2, -0.15) is 17.7 Å². The van der Waals surface area contributed by atoms with Gasteiger partial charge in [-0.25, -0.2) is 0 Å². The number of nitrogens with one attached hydrogen (secondary N) is 2. The molecule has 7 heteroatoms. The van der Waals surface area contributed by atoms with Crippen molar-refractivity contribution in [2.45, 2.75) is 19.4 Å². The van der Waals surface area contributed by atoms with Crippen LogP contribution in [0.5, 0.6) is 0 Å². The molecule has 1 heterocycles. The molecule has 0 fully saturated rings. The molecule has 1 aromatic heterocycles. The van der Waals surface area contributed by atoms with Crippen molar-refractivity contribution in [3.63, 3.8) is 0 Å². The molecule has 18 heavy (non-hydrogen) atoms. The summed E-state index contributed by atoms with van der Waals surface area (Å²) in [7, 11) is 1.84. The molecule has 2 N–H and O–H groups in total. The van der Waals surface area contributed by atoms with Crippen LogP contribution in [0.25, 0.3) is 0 Å². The second kappa shape index (κ2) is 7.05. The molecule has 2 amide bonds. The highest BCUT2D eigenvalue weighted by molar-refractivity contribution is 7.80. The van der Waals surface area contributed by atoms with Crippen LogP contribution in [0, 0.1) is 0 Å². The van der Waals surface area contributed by atoms with Crippen LogP contribution in [0.1, 0.15) is 12.6 Å². The van der Waals surface area contributed by atoms with E-state index in [-0.39, 0.29) is 17.6 Å². The second-order valence-electron chi connectivity index (χ2n) is 3.96. The Kier molecular flexibility index (Phi) is 5.70. The van der Waals surface area contributed by atoms with E-state index in [9.17, 15) is 9.59 Å². The largest absolute Gasteiger partial charge is 0.354 e. The van der Waals surface area contributed by atoms with Crippen LogP contribution in [0.4, 0.5) is 0 Å². The molecule has 1 atom stereocenters. The van der Waals surface area contributed by atoms with Gasteiger partial charge in [-0.15, -0.1) is 0 Å². The maximum Gasteiger partial charge on any atom is 0.243 e. The average molecular weight is 270 g/mol. The van der Waals surface area contributed by atoms with Crippen molar-refractivity contribution in [1.82, 2.24) is 20.4 Å². The highest BCUT2D eigenvalue weighted by Gasteiger charge is 2.16. The van der Waals surface area contributed by atoms with Gasteiger partial charge in [0.25, 0.3) is 0 Å². The molecule has 1 rings (SSSR count). The van der Waals surface area contributed by atoms with Gasteiger partial charge in [-0.3, -0.25) is 14.3 Å². The second-order valence-corrected chi connectivity index (χ2v) is 4.32. The maximum atomic E-state index is 11.7. The number of hydrogen-bond donors (Lipinski definition) is 3. The summed E-state index contributed by atoms with van der Waals surface area (Å²) in [6.45, 7) is 1.86. The normalized spacial score (nSPS) is 11.9. The zero-order valence-corrected chi connectivity index (χ0v) is 11.4. The minimum Gasteiger partial charge on any atom is -0.354 e. The molecular formula is C11H18N4O2S. The Balaban J connectivity index is 2.33. The molecule has 1 unspecified atom stereocenters. The van der Waals surface area contributed by atoms with E-state index < -0.39 is 6.04 Å². The van der Waals surface area contributed by atoms with E-state index in [1.165, 1.54) is 6.92 Å². The first-order valence-corrected chi connectivity index (χ1v) is 6.30. The number of thiol groups is 1. The summed E-state index contributed by atoms with van der Waals surface area (Å²) in [6.07, 6.45) is 2.51. The fourth-order valence-electron chi connectivity index (χ4n) is 1.47. The number of nitrogens with zero attached hydrogens (tertiary/aromatic N) is 2. The fraction of sp³-hybridized carbons (Fsp3) is 0.545. The number of hydrogen-bond acceptors (Lipinski definition) is 4. The third-order valence-electron chi connectivity index (χ3n) is 2.33. The van der Waals surface area contributed by atoms with E-state index in [0.717, 1.165) is 5.69 Å². The lowest BCUT2D eigenvalue weighted by Crippen LogP contribution is -2.47. The Morgan fingerprint density at radius 1 is 1.56 bits per heavy atom. The summed E-state index contributed by atoms with van der Waals surface area (Å²) in [5, 5.41) is 9.48. The third-order valence-corrected chi connectivity index (χ3v) is 2.69. The van der Waals surface area contributed by atoms with Gasteiger partial charge in [0.15, 0.2) is 0 Å². The molecule has 0 aliphatic rings. The Hall–Kier alpha value is -1.50. The molecule has 0 bridgehead atoms. The number of carbonyl (C=O) groups is 2. The average Bonchev–Trinajstić information content (AvgIpc) is 2.71. The fourth-order valence-corrected chi connectivity index (χ4v) is 1.73. The van der Waals surface area contributed by atoms with Crippen LogP contribution in [0.3, 0.4) is 0 Å². The lowest BCUT2D eigenvalue weighted by Gasteiger charge is -2.14. The number of rotatable bonds is 6. The zero-order chi connectivity index (χ0) is 13.5. The van der Waals surface area contributed by atoms with Crippen molar-refractivity contribution in [3.05, 3.63) is 18.0 Å². The minimum absolute atomic E-state index is 0.226. The summed E-state index contributed by atoms with van der Waals surface area (Å²) in [5.41, 5.74) is 0.916. The quantitative estimate of drug-likeness (QED) is 0.611. The predicted octanol–water partition coefficient (Wildman–Crippen LogP) is -0.487. The van der Waals surface area contributed by atoms with Crippen LogP contribution in [-0.2, 0) is 23.1 Å². The van der Waals surface area contributed by atoms with Gasteiger partial charge in [0.05, 0.1) is 5.69 Å². The first-order valence-electron chi connectivity index (χ1n) is 5.67. The number of amides is 2. The zero-order valence-electron chi connectivity index (χ0n) is 10.5. The SMILES string of the molecule is CC(=O)NC(CS)C(=O)NCCc1ccn(C)n1. The molecule has 100 valence electrons. The van der Waals surface area contributed by atoms with Crippen LogP contribution in [0.2, 0.25) is 0 Å². The van der Waals surface area contributed by atoms with Crippen LogP contribution in [-0.4, -0.2) is 39.9 Å². The molecule has 0 aliphatic heterocycles. The molecule has 6 nitrogen and oxygen atoms in total. The molecule has 0 radical (unpaired) electrons. The van der Waals surface area contributed by atoms with Gasteiger partial charge >= 0.3 is 0 Å². The van der Waals surface area contributed by atoms with E-state index in [1.807, 2.05) is 19.3 Å². The first kappa shape index (κ1) is 14.6. The van der Waals surface area contributed by atoms with Gasteiger partial charge in [-0.1, -0.05) is 0 Å². The summed E-state index contributed by atoms with van der Waals surface area (Å²) < 4.78 is 1.71. The van der Waals surface area contributed by atoms with Crippen LogP contribution >= 0.6 is 12.6 Å². The Morgan fingerprint density at radius 3 is 2.78 bits per heavy atom. The van der Waals surface area contributed by atoms with Crippen molar-refractivity contribution < 1.29 is 9.59 Å². The lowest BCUT2D eigenvalue weighted by molar-refractivity contribution is -0.127. The summed E-state index contributed by atoms with van der Waals surface area (Å²) in [6, 6.07) is 1.31. The molecule has 0 saturated heterocycles. The van der Waals surface area contributed by atoms with Crippen molar-refractivity contribution in [2.24, 2.45) is 7.05 Å². The standard InChI is InChI=1S/C11H18N4O2S/c1-8(16)13-10(7-18)11(17)12-5-3-9-4-6-15(2)14-9/h4,6,10,18H,3,5,7H2,1-2H3,(H,12,17)(H,13,16). The van der Waals surface area contributed by atoms with E-state index >= 15 is 0 Å². The highest BCUT2D eigenvalue weighted by Crippen LogP contribution is 1.95. The van der Waals surface area contributed by atoms with Gasteiger partial charge < -0.3 is 10.6 Å². The molecule has 0 aliphatic carbocycles. The third kappa shape index (κ3) is 4.79. The van der Waals surface area contributed by atoms with E-state index in [1.54, 1.807) is 4.68 Å². The molecule has 0 aromatic carbocycles. The van der Waals surface area contributed by atoms with Gasteiger partial charge in [0.1, 0.15) is 6.04 Å². The van der Waals surface area contributed by atoms with E-state index in [2.05, 4.69) is 28.4 Å². The smallest absolute Gasteiger partial charge is 0.243 e. The van der Waals surface area contributed by atoms with Crippen LogP contribution in [0.15, 0.2) is 12.3 Å².